The summed E-state index contributed by atoms with van der Waals surface area (Å²) in [6.07, 6.45) is 2.28. The van der Waals surface area contributed by atoms with Crippen LogP contribution in [0, 0.1) is 5.92 Å². The Kier molecular flexibility index (Phi) is 3.06. The third kappa shape index (κ3) is 2.14. The van der Waals surface area contributed by atoms with E-state index in [2.05, 4.69) is 5.32 Å². The van der Waals surface area contributed by atoms with Gasteiger partial charge in [-0.05, 0) is 37.4 Å². The lowest BCUT2D eigenvalue weighted by Gasteiger charge is -2.24. The first-order chi connectivity index (χ1) is 9.16. The highest BCUT2D eigenvalue weighted by atomic mass is 16.3. The molecule has 3 N–H and O–H groups in total. The number of hydrogen-bond acceptors (Lipinski definition) is 4. The van der Waals surface area contributed by atoms with E-state index in [1.54, 1.807) is 4.90 Å². The number of carbonyl (C=O) groups excluding carboxylic acids is 1. The summed E-state index contributed by atoms with van der Waals surface area (Å²) in [6, 6.07) is 4.72. The molecule has 3 rings (SSSR count). The molecule has 0 radical (unpaired) electrons. The van der Waals surface area contributed by atoms with E-state index in [1.807, 2.05) is 0 Å². The first-order valence-corrected chi connectivity index (χ1v) is 6.70. The van der Waals surface area contributed by atoms with Gasteiger partial charge in [0, 0.05) is 19.1 Å². The lowest BCUT2D eigenvalue weighted by Crippen LogP contribution is -2.41. The summed E-state index contributed by atoms with van der Waals surface area (Å²) in [5.74, 6) is -0.113. The number of benzene rings is 1. The molecule has 0 aliphatic carbocycles. The largest absolute Gasteiger partial charge is 0.507 e. The molecule has 2 fully saturated rings. The minimum absolute atomic E-state index is 0.0150. The van der Waals surface area contributed by atoms with Gasteiger partial charge in [-0.15, -0.1) is 0 Å². The normalized spacial score (nSPS) is 26.2. The number of amides is 1. The van der Waals surface area contributed by atoms with Crippen molar-refractivity contribution >= 4 is 5.91 Å². The van der Waals surface area contributed by atoms with Crippen molar-refractivity contribution in [1.29, 1.82) is 0 Å². The van der Waals surface area contributed by atoms with Crippen molar-refractivity contribution in [3.63, 3.8) is 0 Å². The summed E-state index contributed by atoms with van der Waals surface area (Å²) in [6.45, 7) is 2.35. The summed E-state index contributed by atoms with van der Waals surface area (Å²) >= 11 is 0. The molecule has 1 aromatic rings. The number of carbonyl (C=O) groups is 1. The molecule has 0 saturated carbocycles. The van der Waals surface area contributed by atoms with Gasteiger partial charge in [0.1, 0.15) is 17.1 Å². The predicted octanol–water partition coefficient (Wildman–Crippen LogP) is 0.922. The Balaban J connectivity index is 1.81. The van der Waals surface area contributed by atoms with Crippen LogP contribution in [-0.4, -0.2) is 46.7 Å². The van der Waals surface area contributed by atoms with Crippen molar-refractivity contribution in [2.24, 2.45) is 5.92 Å². The molecule has 0 aromatic heterocycles. The molecule has 19 heavy (non-hydrogen) atoms. The Morgan fingerprint density at radius 2 is 2.00 bits per heavy atom. The maximum absolute atomic E-state index is 12.4. The molecule has 0 spiro atoms. The first kappa shape index (κ1) is 12.3. The highest BCUT2D eigenvalue weighted by Crippen LogP contribution is 2.31. The monoisotopic (exact) mass is 262 g/mol. The van der Waals surface area contributed by atoms with Crippen LogP contribution in [0.2, 0.25) is 0 Å². The number of nitrogens with one attached hydrogen (secondary N) is 1. The molecule has 102 valence electrons. The Bertz CT molecular complexity index is 469. The quantitative estimate of drug-likeness (QED) is 0.704. The lowest BCUT2D eigenvalue weighted by atomic mass is 9.94. The smallest absolute Gasteiger partial charge is 0.261 e. The minimum Gasteiger partial charge on any atom is -0.507 e. The molecule has 2 saturated heterocycles. The Morgan fingerprint density at radius 3 is 2.68 bits per heavy atom. The van der Waals surface area contributed by atoms with Gasteiger partial charge in [0.15, 0.2) is 0 Å². The molecule has 1 aromatic carbocycles. The Labute approximate surface area is 111 Å². The fourth-order valence-electron chi connectivity index (χ4n) is 3.12. The van der Waals surface area contributed by atoms with Gasteiger partial charge in [-0.3, -0.25) is 4.79 Å². The van der Waals surface area contributed by atoms with E-state index in [1.165, 1.54) is 18.2 Å². The minimum atomic E-state index is -0.285. The summed E-state index contributed by atoms with van der Waals surface area (Å²) in [5.41, 5.74) is 0.0150. The third-order valence-corrected chi connectivity index (χ3v) is 4.12. The summed E-state index contributed by atoms with van der Waals surface area (Å²) in [5, 5.41) is 22.9. The molecule has 2 unspecified atom stereocenters. The molecular formula is C14H18N2O3. The number of phenols is 2. The number of aromatic hydroxyl groups is 2. The van der Waals surface area contributed by atoms with Crippen LogP contribution >= 0.6 is 0 Å². The maximum atomic E-state index is 12.4. The highest BCUT2D eigenvalue weighted by molar-refractivity contribution is 5.99. The van der Waals surface area contributed by atoms with Gasteiger partial charge >= 0.3 is 0 Å². The van der Waals surface area contributed by atoms with Gasteiger partial charge in [-0.25, -0.2) is 0 Å². The highest BCUT2D eigenvalue weighted by Gasteiger charge is 2.37. The van der Waals surface area contributed by atoms with Crippen LogP contribution in [0.1, 0.15) is 23.2 Å². The lowest BCUT2D eigenvalue weighted by molar-refractivity contribution is 0.0779. The zero-order valence-electron chi connectivity index (χ0n) is 10.7. The van der Waals surface area contributed by atoms with E-state index in [9.17, 15) is 15.0 Å². The maximum Gasteiger partial charge on any atom is 0.261 e. The average molecular weight is 262 g/mol. The average Bonchev–Trinajstić information content (AvgIpc) is 2.82. The molecule has 1 amide bonds. The molecule has 2 aliphatic heterocycles. The SMILES string of the molecule is O=C(c1c(O)cccc1O)N1CC2CCCNC2C1. The molecule has 0 bridgehead atoms. The van der Waals surface area contributed by atoms with Crippen molar-refractivity contribution in [3.8, 4) is 11.5 Å². The van der Waals surface area contributed by atoms with E-state index in [4.69, 9.17) is 0 Å². The number of piperidine rings is 1. The van der Waals surface area contributed by atoms with Crippen molar-refractivity contribution in [1.82, 2.24) is 10.2 Å². The van der Waals surface area contributed by atoms with Crippen LogP contribution in [0.15, 0.2) is 18.2 Å². The Hall–Kier alpha value is -1.75. The molecule has 2 atom stereocenters. The van der Waals surface area contributed by atoms with Gasteiger partial charge in [-0.1, -0.05) is 6.07 Å². The summed E-state index contributed by atoms with van der Waals surface area (Å²) in [7, 11) is 0. The number of rotatable bonds is 1. The van der Waals surface area contributed by atoms with E-state index in [0.29, 0.717) is 25.0 Å². The van der Waals surface area contributed by atoms with Gasteiger partial charge in [0.05, 0.1) is 0 Å². The zero-order chi connectivity index (χ0) is 13.4. The summed E-state index contributed by atoms with van der Waals surface area (Å²) in [4.78, 5) is 14.1. The van der Waals surface area contributed by atoms with Crippen LogP contribution in [0.3, 0.4) is 0 Å². The number of fused-ring (bicyclic) bond motifs is 1. The second-order valence-electron chi connectivity index (χ2n) is 5.34. The number of hydrogen-bond donors (Lipinski definition) is 3. The van der Waals surface area contributed by atoms with E-state index in [0.717, 1.165) is 19.4 Å². The van der Waals surface area contributed by atoms with Crippen LogP contribution in [0.4, 0.5) is 0 Å². The van der Waals surface area contributed by atoms with E-state index in [-0.39, 0.29) is 23.0 Å². The number of phenolic OH excluding ortho intramolecular Hbond substituents is 2. The topological polar surface area (TPSA) is 72.8 Å². The Morgan fingerprint density at radius 1 is 1.26 bits per heavy atom. The van der Waals surface area contributed by atoms with Crippen molar-refractivity contribution in [2.75, 3.05) is 19.6 Å². The third-order valence-electron chi connectivity index (χ3n) is 4.12. The van der Waals surface area contributed by atoms with Crippen LogP contribution in [0.5, 0.6) is 11.5 Å². The standard InChI is InChI=1S/C14H18N2O3/c17-11-4-1-5-12(18)13(11)14(19)16-7-9-3-2-6-15-10(9)8-16/h1,4-5,9-10,15,17-18H,2-3,6-8H2. The number of nitrogens with zero attached hydrogens (tertiary/aromatic N) is 1. The van der Waals surface area contributed by atoms with Crippen molar-refractivity contribution in [3.05, 3.63) is 23.8 Å². The van der Waals surface area contributed by atoms with Crippen LogP contribution < -0.4 is 5.32 Å². The molecule has 2 heterocycles. The second-order valence-corrected chi connectivity index (χ2v) is 5.34. The van der Waals surface area contributed by atoms with Gasteiger partial charge in [-0.2, -0.15) is 0 Å². The van der Waals surface area contributed by atoms with Crippen LogP contribution in [-0.2, 0) is 0 Å². The van der Waals surface area contributed by atoms with E-state index < -0.39 is 0 Å². The molecule has 5 heteroatoms. The summed E-state index contributed by atoms with van der Waals surface area (Å²) < 4.78 is 0. The second kappa shape index (κ2) is 4.74. The first-order valence-electron chi connectivity index (χ1n) is 6.70. The fourth-order valence-corrected chi connectivity index (χ4v) is 3.12. The zero-order valence-corrected chi connectivity index (χ0v) is 10.7. The van der Waals surface area contributed by atoms with E-state index >= 15 is 0 Å². The van der Waals surface area contributed by atoms with Gasteiger partial charge in [0.2, 0.25) is 0 Å². The fraction of sp³-hybridized carbons (Fsp3) is 0.500. The molecule has 5 nitrogen and oxygen atoms in total. The van der Waals surface area contributed by atoms with Crippen molar-refractivity contribution in [2.45, 2.75) is 18.9 Å². The molecular weight excluding hydrogens is 244 g/mol. The van der Waals surface area contributed by atoms with Gasteiger partial charge < -0.3 is 20.4 Å². The van der Waals surface area contributed by atoms with Gasteiger partial charge in [0.25, 0.3) is 5.91 Å². The number of likely N-dealkylation sites (tertiary alicyclic amines) is 1. The van der Waals surface area contributed by atoms with Crippen LogP contribution in [0.25, 0.3) is 0 Å². The predicted molar refractivity (Wildman–Crippen MR) is 70.2 cm³/mol. The van der Waals surface area contributed by atoms with Crippen molar-refractivity contribution < 1.29 is 15.0 Å². The molecule has 2 aliphatic rings.